The Morgan fingerprint density at radius 3 is 2.55 bits per heavy atom. The maximum atomic E-state index is 5.65. The van der Waals surface area contributed by atoms with Crippen LogP contribution in [0.2, 0.25) is 0 Å². The summed E-state index contributed by atoms with van der Waals surface area (Å²) in [7, 11) is 1.97. The van der Waals surface area contributed by atoms with E-state index in [-0.39, 0.29) is 0 Å². The lowest BCUT2D eigenvalue weighted by atomic mass is 10.2. The van der Waals surface area contributed by atoms with Crippen molar-refractivity contribution in [1.82, 2.24) is 30.3 Å². The van der Waals surface area contributed by atoms with Crippen LogP contribution >= 0.6 is 0 Å². The van der Waals surface area contributed by atoms with Crippen molar-refractivity contribution in [3.05, 3.63) is 11.6 Å². The van der Waals surface area contributed by atoms with Gasteiger partial charge in [-0.3, -0.25) is 4.90 Å². The van der Waals surface area contributed by atoms with Crippen molar-refractivity contribution in [2.75, 3.05) is 59.2 Å². The highest BCUT2D eigenvalue weighted by molar-refractivity contribution is 5.79. The zero-order valence-electron chi connectivity index (χ0n) is 18.6. The molecular formula is C20H39N7O2. The largest absolute Gasteiger partial charge is 0.381 e. The number of aliphatic imine (C=N–C) groups is 1. The second kappa shape index (κ2) is 13.5. The summed E-state index contributed by atoms with van der Waals surface area (Å²) in [5.41, 5.74) is 0. The smallest absolute Gasteiger partial charge is 0.191 e. The van der Waals surface area contributed by atoms with Crippen LogP contribution in [0, 0.1) is 12.8 Å². The molecule has 1 aromatic heterocycles. The van der Waals surface area contributed by atoms with Crippen molar-refractivity contribution in [3.63, 3.8) is 0 Å². The van der Waals surface area contributed by atoms with Gasteiger partial charge in [-0.2, -0.15) is 0 Å². The van der Waals surface area contributed by atoms with E-state index >= 15 is 0 Å². The number of aromatic nitrogens is 3. The molecule has 0 unspecified atom stereocenters. The van der Waals surface area contributed by atoms with Gasteiger partial charge in [-0.25, -0.2) is 4.99 Å². The number of ether oxygens (including phenoxy) is 2. The van der Waals surface area contributed by atoms with Crippen LogP contribution in [0.5, 0.6) is 0 Å². The molecular weight excluding hydrogens is 370 g/mol. The van der Waals surface area contributed by atoms with Crippen molar-refractivity contribution in [2.24, 2.45) is 18.0 Å². The average Bonchev–Trinajstić information content (AvgIpc) is 3.03. The van der Waals surface area contributed by atoms with E-state index in [1.165, 1.54) is 0 Å². The van der Waals surface area contributed by atoms with Gasteiger partial charge in [-0.15, -0.1) is 10.2 Å². The van der Waals surface area contributed by atoms with Crippen LogP contribution in [0.15, 0.2) is 4.99 Å². The number of guanidine groups is 1. The van der Waals surface area contributed by atoms with Gasteiger partial charge in [-0.1, -0.05) is 13.8 Å². The maximum absolute atomic E-state index is 5.65. The van der Waals surface area contributed by atoms with Crippen LogP contribution in [0.25, 0.3) is 0 Å². The first-order valence-electron chi connectivity index (χ1n) is 10.8. The quantitative estimate of drug-likeness (QED) is 0.302. The van der Waals surface area contributed by atoms with E-state index in [2.05, 4.69) is 39.6 Å². The maximum Gasteiger partial charge on any atom is 0.191 e. The Hall–Kier alpha value is -1.71. The molecule has 0 atom stereocenters. The second-order valence-electron chi connectivity index (χ2n) is 7.87. The highest BCUT2D eigenvalue weighted by Gasteiger charge is 2.10. The average molecular weight is 410 g/mol. The lowest BCUT2D eigenvalue weighted by Crippen LogP contribution is -2.41. The lowest BCUT2D eigenvalue weighted by molar-refractivity contribution is 0.0376. The monoisotopic (exact) mass is 409 g/mol. The van der Waals surface area contributed by atoms with Crippen LogP contribution in [-0.2, 0) is 23.1 Å². The van der Waals surface area contributed by atoms with Crippen LogP contribution in [0.3, 0.4) is 0 Å². The fourth-order valence-electron chi connectivity index (χ4n) is 2.95. The number of rotatable bonds is 12. The predicted octanol–water partition coefficient (Wildman–Crippen LogP) is 0.944. The summed E-state index contributed by atoms with van der Waals surface area (Å²) < 4.78 is 13.0. The fourth-order valence-corrected chi connectivity index (χ4v) is 2.95. The van der Waals surface area contributed by atoms with E-state index in [1.54, 1.807) is 0 Å². The van der Waals surface area contributed by atoms with Gasteiger partial charge in [-0.05, 0) is 32.2 Å². The standard InChI is InChI=1S/C20H39N7O2/c1-17(2)16-29-12-6-8-22-20(23-15-19-25-24-18(3)26(19)4)21-7-5-9-27-10-13-28-14-11-27/h17H,5-16H2,1-4H3,(H2,21,22,23). The van der Waals surface area contributed by atoms with Crippen molar-refractivity contribution in [2.45, 2.75) is 40.2 Å². The zero-order valence-corrected chi connectivity index (χ0v) is 18.6. The van der Waals surface area contributed by atoms with Gasteiger partial charge in [0.15, 0.2) is 11.8 Å². The molecule has 9 nitrogen and oxygen atoms in total. The number of morpholine rings is 1. The Morgan fingerprint density at radius 1 is 1.17 bits per heavy atom. The molecule has 0 amide bonds. The van der Waals surface area contributed by atoms with Gasteiger partial charge >= 0.3 is 0 Å². The van der Waals surface area contributed by atoms with E-state index in [0.717, 1.165) is 89.6 Å². The Kier molecular flexibility index (Phi) is 11.0. The predicted molar refractivity (Wildman–Crippen MR) is 115 cm³/mol. The minimum Gasteiger partial charge on any atom is -0.381 e. The first-order chi connectivity index (χ1) is 14.1. The molecule has 0 spiro atoms. The minimum atomic E-state index is 0.500. The molecule has 1 aromatic rings. The summed E-state index contributed by atoms with van der Waals surface area (Å²) in [5.74, 6) is 3.14. The Balaban J connectivity index is 1.74. The minimum absolute atomic E-state index is 0.500. The van der Waals surface area contributed by atoms with E-state index in [4.69, 9.17) is 14.5 Å². The van der Waals surface area contributed by atoms with Crippen molar-refractivity contribution < 1.29 is 9.47 Å². The third kappa shape index (κ3) is 9.56. The summed E-state index contributed by atoms with van der Waals surface area (Å²) in [4.78, 5) is 7.14. The molecule has 0 radical (unpaired) electrons. The molecule has 1 fully saturated rings. The molecule has 0 aliphatic carbocycles. The topological polar surface area (TPSA) is 88.8 Å². The van der Waals surface area contributed by atoms with E-state index in [1.807, 2.05) is 18.5 Å². The summed E-state index contributed by atoms with van der Waals surface area (Å²) in [6.07, 6.45) is 2.02. The summed E-state index contributed by atoms with van der Waals surface area (Å²) in [6, 6.07) is 0. The van der Waals surface area contributed by atoms with Crippen LogP contribution in [-0.4, -0.2) is 84.8 Å². The molecule has 1 aliphatic heterocycles. The first kappa shape index (κ1) is 23.6. The van der Waals surface area contributed by atoms with E-state index < -0.39 is 0 Å². The van der Waals surface area contributed by atoms with Gasteiger partial charge < -0.3 is 24.7 Å². The second-order valence-corrected chi connectivity index (χ2v) is 7.87. The molecule has 0 bridgehead atoms. The SMILES string of the molecule is Cc1nnc(CN=C(NCCCOCC(C)C)NCCCN2CCOCC2)n1C. The zero-order chi connectivity index (χ0) is 20.9. The van der Waals surface area contributed by atoms with Crippen molar-refractivity contribution in [3.8, 4) is 0 Å². The number of nitrogens with zero attached hydrogens (tertiary/aromatic N) is 5. The molecule has 166 valence electrons. The fraction of sp³-hybridized carbons (Fsp3) is 0.850. The molecule has 0 saturated carbocycles. The van der Waals surface area contributed by atoms with Crippen molar-refractivity contribution >= 4 is 5.96 Å². The molecule has 2 N–H and O–H groups in total. The number of nitrogens with one attached hydrogen (secondary N) is 2. The number of hydrogen-bond acceptors (Lipinski definition) is 6. The molecule has 9 heteroatoms. The van der Waals surface area contributed by atoms with Crippen molar-refractivity contribution in [1.29, 1.82) is 0 Å². The van der Waals surface area contributed by atoms with Crippen LogP contribution in [0.4, 0.5) is 0 Å². The Labute approximate surface area is 175 Å². The van der Waals surface area contributed by atoms with Gasteiger partial charge in [0, 0.05) is 46.4 Å². The highest BCUT2D eigenvalue weighted by atomic mass is 16.5. The summed E-state index contributed by atoms with van der Waals surface area (Å²) in [6.45, 7) is 14.9. The number of aryl methyl sites for hydroxylation is 1. The van der Waals surface area contributed by atoms with Gasteiger partial charge in [0.1, 0.15) is 12.4 Å². The highest BCUT2D eigenvalue weighted by Crippen LogP contribution is 2.00. The third-order valence-electron chi connectivity index (χ3n) is 4.82. The lowest BCUT2D eigenvalue weighted by Gasteiger charge is -2.26. The van der Waals surface area contributed by atoms with Crippen LogP contribution < -0.4 is 10.6 Å². The molecule has 2 heterocycles. The molecule has 1 aliphatic rings. The first-order valence-corrected chi connectivity index (χ1v) is 10.8. The van der Waals surface area contributed by atoms with E-state index in [9.17, 15) is 0 Å². The van der Waals surface area contributed by atoms with Crippen LogP contribution in [0.1, 0.15) is 38.3 Å². The summed E-state index contributed by atoms with van der Waals surface area (Å²) >= 11 is 0. The van der Waals surface area contributed by atoms with Gasteiger partial charge in [0.25, 0.3) is 0 Å². The van der Waals surface area contributed by atoms with Gasteiger partial charge in [0.05, 0.1) is 13.2 Å². The Morgan fingerprint density at radius 2 is 1.90 bits per heavy atom. The molecule has 2 rings (SSSR count). The molecule has 29 heavy (non-hydrogen) atoms. The third-order valence-corrected chi connectivity index (χ3v) is 4.82. The van der Waals surface area contributed by atoms with Gasteiger partial charge in [0.2, 0.25) is 0 Å². The summed E-state index contributed by atoms with van der Waals surface area (Å²) in [5, 5.41) is 15.2. The van der Waals surface area contributed by atoms with E-state index in [0.29, 0.717) is 12.5 Å². The Bertz CT molecular complexity index is 598. The number of hydrogen-bond donors (Lipinski definition) is 2. The molecule has 1 saturated heterocycles. The normalized spacial score (nSPS) is 15.8. The molecule has 0 aromatic carbocycles.